The predicted molar refractivity (Wildman–Crippen MR) is 142 cm³/mol. The fraction of sp³-hybridized carbons (Fsp3) is 0.448. The van der Waals surface area contributed by atoms with Crippen LogP contribution in [-0.4, -0.2) is 65.2 Å². The number of aromatic nitrogens is 1. The minimum atomic E-state index is -0.243. The van der Waals surface area contributed by atoms with E-state index < -0.39 is 0 Å². The van der Waals surface area contributed by atoms with Crippen molar-refractivity contribution >= 4 is 22.6 Å². The summed E-state index contributed by atoms with van der Waals surface area (Å²) in [6.45, 7) is 14.4. The van der Waals surface area contributed by atoms with E-state index in [1.165, 1.54) is 0 Å². The molecule has 1 saturated heterocycles. The molecule has 2 N–H and O–H groups in total. The number of carbonyl (C=O) groups excluding carboxylic acids is 2. The van der Waals surface area contributed by atoms with Gasteiger partial charge in [-0.3, -0.25) is 19.4 Å². The van der Waals surface area contributed by atoms with E-state index in [4.69, 9.17) is 0 Å². The Hall–Kier alpha value is -2.96. The lowest BCUT2D eigenvalue weighted by atomic mass is 9.86. The molecule has 0 bridgehead atoms. The molecule has 0 saturated carbocycles. The molecule has 35 heavy (non-hydrogen) atoms. The van der Waals surface area contributed by atoms with Crippen molar-refractivity contribution in [1.82, 2.24) is 20.1 Å². The Labute approximate surface area is 208 Å². The van der Waals surface area contributed by atoms with Crippen molar-refractivity contribution in [2.75, 3.05) is 32.7 Å². The first kappa shape index (κ1) is 25.1. The van der Waals surface area contributed by atoms with Crippen LogP contribution in [0.5, 0.6) is 0 Å². The van der Waals surface area contributed by atoms with E-state index in [1.54, 1.807) is 6.92 Å². The van der Waals surface area contributed by atoms with Gasteiger partial charge < -0.3 is 10.3 Å². The van der Waals surface area contributed by atoms with Crippen molar-refractivity contribution in [3.8, 4) is 0 Å². The molecule has 0 radical (unpaired) electrons. The van der Waals surface area contributed by atoms with Crippen LogP contribution in [0.1, 0.15) is 55.2 Å². The number of nitrogens with one attached hydrogen (secondary N) is 2. The Kier molecular flexibility index (Phi) is 7.43. The van der Waals surface area contributed by atoms with Crippen LogP contribution >= 0.6 is 0 Å². The van der Waals surface area contributed by atoms with Gasteiger partial charge in [0.1, 0.15) is 0 Å². The quantitative estimate of drug-likeness (QED) is 0.526. The maximum atomic E-state index is 12.9. The number of ketones is 1. The second kappa shape index (κ2) is 10.3. The summed E-state index contributed by atoms with van der Waals surface area (Å²) >= 11 is 0. The number of para-hydroxylation sites is 1. The number of hydrogen-bond acceptors (Lipinski definition) is 4. The van der Waals surface area contributed by atoms with Gasteiger partial charge >= 0.3 is 0 Å². The number of fused-ring (bicyclic) bond motifs is 1. The summed E-state index contributed by atoms with van der Waals surface area (Å²) in [6.07, 6.45) is 1.99. The first-order valence-electron chi connectivity index (χ1n) is 12.5. The fourth-order valence-electron chi connectivity index (χ4n) is 4.94. The molecule has 0 spiro atoms. The number of aryl methyl sites for hydroxylation is 1. The third kappa shape index (κ3) is 5.82. The van der Waals surface area contributed by atoms with Crippen molar-refractivity contribution in [3.05, 3.63) is 71.4 Å². The van der Waals surface area contributed by atoms with Gasteiger partial charge in [0.25, 0.3) is 5.91 Å². The molecule has 1 unspecified atom stereocenters. The van der Waals surface area contributed by atoms with Gasteiger partial charge in [-0.1, -0.05) is 56.7 Å². The van der Waals surface area contributed by atoms with Crippen LogP contribution in [0.3, 0.4) is 0 Å². The molecule has 6 heteroatoms. The third-order valence-corrected chi connectivity index (χ3v) is 7.18. The number of amides is 1. The van der Waals surface area contributed by atoms with E-state index >= 15 is 0 Å². The number of Topliss-reactive ketones (excluding diaryl/α,β-unsaturated/α-hetero) is 1. The minimum Gasteiger partial charge on any atom is -0.361 e. The Morgan fingerprint density at radius 3 is 2.29 bits per heavy atom. The molecule has 2 heterocycles. The summed E-state index contributed by atoms with van der Waals surface area (Å²) in [5.74, 6) is 0.140. The molecular formula is C29H38N4O2. The largest absolute Gasteiger partial charge is 0.361 e. The SMILES string of the molecule is CC(=O)C(c1c[nH]c2ccccc12)N1CCN(C[C@H](NC(=O)c2ccc(C)cc2)C(C)(C)C)CC1. The molecule has 1 aliphatic heterocycles. The number of nitrogens with zero attached hydrogens (tertiary/aromatic N) is 2. The summed E-state index contributed by atoms with van der Waals surface area (Å²) in [4.78, 5) is 33.7. The Balaban J connectivity index is 1.42. The highest BCUT2D eigenvalue weighted by molar-refractivity contribution is 5.94. The Morgan fingerprint density at radius 2 is 1.66 bits per heavy atom. The van der Waals surface area contributed by atoms with Crippen LogP contribution in [0.2, 0.25) is 0 Å². The number of piperazine rings is 1. The van der Waals surface area contributed by atoms with Gasteiger partial charge in [0.15, 0.2) is 5.78 Å². The van der Waals surface area contributed by atoms with Gasteiger partial charge in [-0.05, 0) is 37.5 Å². The molecule has 1 aliphatic rings. The third-order valence-electron chi connectivity index (χ3n) is 7.18. The lowest BCUT2D eigenvalue weighted by Gasteiger charge is -2.41. The second-order valence-corrected chi connectivity index (χ2v) is 10.9. The fourth-order valence-corrected chi connectivity index (χ4v) is 4.94. The van der Waals surface area contributed by atoms with E-state index in [1.807, 2.05) is 55.6 Å². The molecule has 1 fully saturated rings. The number of aromatic amines is 1. The highest BCUT2D eigenvalue weighted by Gasteiger charge is 2.33. The standard InChI is InChI=1S/C29H38N4O2/c1-20-10-12-22(13-11-20)28(35)31-26(29(3,4)5)19-32-14-16-33(17-15-32)27(21(2)34)24-18-30-25-9-7-6-8-23(24)25/h6-13,18,26-27,30H,14-17,19H2,1-5H3,(H,31,35)/t26-,27?/m0/s1. The topological polar surface area (TPSA) is 68.4 Å². The van der Waals surface area contributed by atoms with E-state index in [0.29, 0.717) is 5.56 Å². The van der Waals surface area contributed by atoms with Gasteiger partial charge in [-0.15, -0.1) is 0 Å². The molecule has 0 aliphatic carbocycles. The van der Waals surface area contributed by atoms with Crippen molar-refractivity contribution in [3.63, 3.8) is 0 Å². The van der Waals surface area contributed by atoms with E-state index in [2.05, 4.69) is 46.9 Å². The van der Waals surface area contributed by atoms with Crippen molar-refractivity contribution in [2.45, 2.75) is 46.7 Å². The van der Waals surface area contributed by atoms with Crippen LogP contribution in [0, 0.1) is 12.3 Å². The Morgan fingerprint density at radius 1 is 1.00 bits per heavy atom. The average Bonchev–Trinajstić information content (AvgIpc) is 3.23. The number of H-pyrrole nitrogens is 1. The van der Waals surface area contributed by atoms with E-state index in [-0.39, 0.29) is 29.2 Å². The number of carbonyl (C=O) groups is 2. The molecule has 2 aromatic carbocycles. The van der Waals surface area contributed by atoms with Gasteiger partial charge in [0.2, 0.25) is 0 Å². The van der Waals surface area contributed by atoms with Gasteiger partial charge in [-0.25, -0.2) is 0 Å². The lowest BCUT2D eigenvalue weighted by molar-refractivity contribution is -0.123. The van der Waals surface area contributed by atoms with Crippen molar-refractivity contribution in [1.29, 1.82) is 0 Å². The second-order valence-electron chi connectivity index (χ2n) is 10.9. The number of rotatable bonds is 7. The summed E-state index contributed by atoms with van der Waals surface area (Å²) in [5, 5.41) is 4.39. The normalized spacial score (nSPS) is 17.3. The Bertz CT molecular complexity index is 1170. The molecule has 2 atom stereocenters. The lowest BCUT2D eigenvalue weighted by Crippen LogP contribution is -2.55. The first-order chi connectivity index (χ1) is 16.6. The molecule has 1 aromatic heterocycles. The predicted octanol–water partition coefficient (Wildman–Crippen LogP) is 4.57. The summed E-state index contributed by atoms with van der Waals surface area (Å²) in [6, 6.07) is 15.6. The first-order valence-corrected chi connectivity index (χ1v) is 12.5. The number of benzene rings is 2. The highest BCUT2D eigenvalue weighted by Crippen LogP contribution is 2.30. The van der Waals surface area contributed by atoms with Crippen LogP contribution in [0.4, 0.5) is 0 Å². The number of hydrogen-bond donors (Lipinski definition) is 2. The zero-order valence-corrected chi connectivity index (χ0v) is 21.6. The molecule has 1 amide bonds. The zero-order valence-electron chi connectivity index (χ0n) is 21.6. The van der Waals surface area contributed by atoms with Crippen molar-refractivity contribution < 1.29 is 9.59 Å². The summed E-state index contributed by atoms with van der Waals surface area (Å²) in [7, 11) is 0. The summed E-state index contributed by atoms with van der Waals surface area (Å²) < 4.78 is 0. The smallest absolute Gasteiger partial charge is 0.251 e. The zero-order chi connectivity index (χ0) is 25.2. The van der Waals surface area contributed by atoms with Crippen LogP contribution in [-0.2, 0) is 4.79 Å². The molecule has 3 aromatic rings. The highest BCUT2D eigenvalue weighted by atomic mass is 16.1. The van der Waals surface area contributed by atoms with Gasteiger partial charge in [-0.2, -0.15) is 0 Å². The van der Waals surface area contributed by atoms with Crippen LogP contribution in [0.25, 0.3) is 10.9 Å². The molecule has 186 valence electrons. The maximum absolute atomic E-state index is 12.9. The van der Waals surface area contributed by atoms with Crippen LogP contribution < -0.4 is 5.32 Å². The minimum absolute atomic E-state index is 0.0140. The molecule has 4 rings (SSSR count). The van der Waals surface area contributed by atoms with Crippen LogP contribution in [0.15, 0.2) is 54.7 Å². The molecular weight excluding hydrogens is 436 g/mol. The average molecular weight is 475 g/mol. The monoisotopic (exact) mass is 474 g/mol. The van der Waals surface area contributed by atoms with Crippen molar-refractivity contribution in [2.24, 2.45) is 5.41 Å². The summed E-state index contributed by atoms with van der Waals surface area (Å²) in [5.41, 5.74) is 3.87. The van der Waals surface area contributed by atoms with Gasteiger partial charge in [0.05, 0.1) is 6.04 Å². The van der Waals surface area contributed by atoms with E-state index in [0.717, 1.165) is 54.8 Å². The van der Waals surface area contributed by atoms with Gasteiger partial charge in [0, 0.05) is 67.0 Å². The van der Waals surface area contributed by atoms with E-state index in [9.17, 15) is 9.59 Å². The maximum Gasteiger partial charge on any atom is 0.251 e. The molecule has 6 nitrogen and oxygen atoms in total.